The van der Waals surface area contributed by atoms with Gasteiger partial charge in [0.15, 0.2) is 11.6 Å². The Hall–Kier alpha value is -5.18. The van der Waals surface area contributed by atoms with Crippen molar-refractivity contribution >= 4 is 29.0 Å². The summed E-state index contributed by atoms with van der Waals surface area (Å²) in [5.41, 5.74) is 6.12. The first-order valence-electron chi connectivity index (χ1n) is 14.7. The zero-order valence-corrected chi connectivity index (χ0v) is 25.1. The molecule has 15 heteroatoms. The molecule has 3 heterocycles. The quantitative estimate of drug-likeness (QED) is 0.215. The number of aryl methyl sites for hydroxylation is 2. The van der Waals surface area contributed by atoms with E-state index in [0.717, 1.165) is 55.2 Å². The minimum Gasteiger partial charge on any atom is -0.496 e. The standard InChI is InChI=1S/C32H30F5N7O3/c1-47-24-7-3-19(32(35,36)37)15-22(24)31(46)40-16-18-2-5-21(27(34)26(18)33)28-25(29(38)45)30-41-23-6-4-20(43-12-9-39-10-13-43)14-17(23)8-11-44(30)42-28/h2-7,14-15,39,41H,8-13,16H2,1H3,(H2,38,45)(H,40,46). The molecule has 3 aromatic carbocycles. The number of nitrogens with one attached hydrogen (secondary N) is 3. The summed E-state index contributed by atoms with van der Waals surface area (Å²) in [6.45, 7) is 3.29. The summed E-state index contributed by atoms with van der Waals surface area (Å²) in [5, 5.41) is 13.3. The van der Waals surface area contributed by atoms with Crippen molar-refractivity contribution in [1.82, 2.24) is 20.4 Å². The van der Waals surface area contributed by atoms with Crippen LogP contribution in [0.2, 0.25) is 0 Å². The number of primary amides is 1. The average molecular weight is 656 g/mol. The number of nitrogens with two attached hydrogens (primary N) is 1. The highest BCUT2D eigenvalue weighted by atomic mass is 19.4. The number of aromatic nitrogens is 2. The third-order valence-electron chi connectivity index (χ3n) is 8.24. The van der Waals surface area contributed by atoms with E-state index in [1.165, 1.54) is 23.9 Å². The normalized spacial score (nSPS) is 14.5. The highest BCUT2D eigenvalue weighted by Gasteiger charge is 2.32. The molecule has 1 saturated heterocycles. The maximum absolute atomic E-state index is 15.6. The summed E-state index contributed by atoms with van der Waals surface area (Å²) in [6.07, 6.45) is -4.17. The van der Waals surface area contributed by atoms with E-state index in [-0.39, 0.29) is 34.0 Å². The molecule has 10 nitrogen and oxygen atoms in total. The van der Waals surface area contributed by atoms with Gasteiger partial charge >= 0.3 is 6.18 Å². The van der Waals surface area contributed by atoms with Gasteiger partial charge in [-0.15, -0.1) is 0 Å². The van der Waals surface area contributed by atoms with Crippen molar-refractivity contribution in [2.75, 3.05) is 43.5 Å². The fourth-order valence-corrected chi connectivity index (χ4v) is 5.80. The SMILES string of the molecule is COc1ccc(C(F)(F)F)cc1C(=O)NCc1ccc(-c2nn3c(c2C(N)=O)Nc2ccc(N4CCNCC4)cc2CC3)c(F)c1F. The number of ether oxygens (including phenoxy) is 1. The average Bonchev–Trinajstić information content (AvgIpc) is 3.32. The van der Waals surface area contributed by atoms with Gasteiger partial charge in [0.2, 0.25) is 0 Å². The van der Waals surface area contributed by atoms with E-state index in [1.807, 2.05) is 12.1 Å². The van der Waals surface area contributed by atoms with Crippen LogP contribution < -0.4 is 31.3 Å². The molecule has 0 unspecified atom stereocenters. The van der Waals surface area contributed by atoms with Crippen molar-refractivity contribution < 1.29 is 36.3 Å². The number of nitrogens with zero attached hydrogens (tertiary/aromatic N) is 3. The zero-order valence-electron chi connectivity index (χ0n) is 25.1. The summed E-state index contributed by atoms with van der Waals surface area (Å²) in [7, 11) is 1.18. The lowest BCUT2D eigenvalue weighted by atomic mass is 10.0. The Morgan fingerprint density at radius 1 is 1.02 bits per heavy atom. The summed E-state index contributed by atoms with van der Waals surface area (Å²) in [4.78, 5) is 27.7. The van der Waals surface area contributed by atoms with Crippen LogP contribution in [0.15, 0.2) is 48.5 Å². The number of piperazine rings is 1. The number of hydrogen-bond acceptors (Lipinski definition) is 7. The molecular weight excluding hydrogens is 625 g/mol. The Balaban J connectivity index is 1.26. The Kier molecular flexibility index (Phi) is 8.49. The van der Waals surface area contributed by atoms with Gasteiger partial charge in [-0.1, -0.05) is 6.07 Å². The lowest BCUT2D eigenvalue weighted by Gasteiger charge is -2.30. The van der Waals surface area contributed by atoms with Crippen molar-refractivity contribution in [2.45, 2.75) is 25.7 Å². The number of fused-ring (bicyclic) bond motifs is 2. The summed E-state index contributed by atoms with van der Waals surface area (Å²) >= 11 is 0. The summed E-state index contributed by atoms with van der Waals surface area (Å²) in [6, 6.07) is 10.7. The van der Waals surface area contributed by atoms with Gasteiger partial charge in [-0.2, -0.15) is 18.3 Å². The van der Waals surface area contributed by atoms with Gasteiger partial charge in [0.25, 0.3) is 11.8 Å². The highest BCUT2D eigenvalue weighted by Crippen LogP contribution is 2.37. The minimum atomic E-state index is -4.71. The Labute approximate surface area is 265 Å². The number of hydrogen-bond donors (Lipinski definition) is 4. The van der Waals surface area contributed by atoms with Crippen LogP contribution in [0.4, 0.5) is 39.1 Å². The van der Waals surface area contributed by atoms with Crippen LogP contribution in [0, 0.1) is 11.6 Å². The molecule has 246 valence electrons. The van der Waals surface area contributed by atoms with Gasteiger partial charge in [-0.3, -0.25) is 9.59 Å². The first-order chi connectivity index (χ1) is 22.5. The van der Waals surface area contributed by atoms with E-state index in [9.17, 15) is 22.8 Å². The van der Waals surface area contributed by atoms with Crippen LogP contribution in [0.1, 0.15) is 37.4 Å². The van der Waals surface area contributed by atoms with Crippen LogP contribution in [-0.2, 0) is 25.7 Å². The van der Waals surface area contributed by atoms with E-state index in [1.54, 1.807) is 0 Å². The van der Waals surface area contributed by atoms with Crippen LogP contribution in [-0.4, -0.2) is 54.9 Å². The molecule has 0 aliphatic carbocycles. The topological polar surface area (TPSA) is 127 Å². The molecule has 2 amide bonds. The highest BCUT2D eigenvalue weighted by molar-refractivity contribution is 6.04. The molecule has 0 bridgehead atoms. The number of carbonyl (C=O) groups is 2. The maximum atomic E-state index is 15.6. The molecule has 1 fully saturated rings. The monoisotopic (exact) mass is 655 g/mol. The van der Waals surface area contributed by atoms with Gasteiger partial charge in [0.1, 0.15) is 22.8 Å². The van der Waals surface area contributed by atoms with Crippen molar-refractivity contribution in [3.05, 3.63) is 88.0 Å². The van der Waals surface area contributed by atoms with Crippen molar-refractivity contribution in [2.24, 2.45) is 5.73 Å². The van der Waals surface area contributed by atoms with E-state index in [2.05, 4.69) is 32.0 Å². The van der Waals surface area contributed by atoms with Crippen LogP contribution >= 0.6 is 0 Å². The van der Waals surface area contributed by atoms with Crippen LogP contribution in [0.25, 0.3) is 11.3 Å². The number of carbonyl (C=O) groups excluding carboxylic acids is 2. The van der Waals surface area contributed by atoms with Gasteiger partial charge in [0, 0.05) is 61.8 Å². The Bertz CT molecular complexity index is 1870. The minimum absolute atomic E-state index is 0.125. The lowest BCUT2D eigenvalue weighted by molar-refractivity contribution is -0.137. The molecule has 0 radical (unpaired) electrons. The predicted molar refractivity (Wildman–Crippen MR) is 164 cm³/mol. The zero-order chi connectivity index (χ0) is 33.5. The van der Waals surface area contributed by atoms with Gasteiger partial charge in [-0.05, 0) is 54.4 Å². The number of anilines is 3. The second-order valence-corrected chi connectivity index (χ2v) is 11.1. The largest absolute Gasteiger partial charge is 0.496 e. The molecule has 4 aromatic rings. The predicted octanol–water partition coefficient (Wildman–Crippen LogP) is 4.59. The van der Waals surface area contributed by atoms with E-state index in [4.69, 9.17) is 10.5 Å². The first kappa shape index (κ1) is 31.8. The molecule has 0 saturated carbocycles. The van der Waals surface area contributed by atoms with Gasteiger partial charge in [0.05, 0.1) is 18.2 Å². The van der Waals surface area contributed by atoms with E-state index >= 15 is 8.78 Å². The van der Waals surface area contributed by atoms with Gasteiger partial charge in [-0.25, -0.2) is 13.5 Å². The molecule has 6 rings (SSSR count). The fourth-order valence-electron chi connectivity index (χ4n) is 5.80. The smallest absolute Gasteiger partial charge is 0.416 e. The number of amides is 2. The molecule has 2 aliphatic heterocycles. The third-order valence-corrected chi connectivity index (χ3v) is 8.24. The molecular formula is C32H30F5N7O3. The molecule has 5 N–H and O–H groups in total. The first-order valence-corrected chi connectivity index (χ1v) is 14.7. The molecule has 0 atom stereocenters. The fraction of sp³-hybridized carbons (Fsp3) is 0.281. The number of methoxy groups -OCH3 is 1. The number of halogens is 5. The Morgan fingerprint density at radius 2 is 1.79 bits per heavy atom. The van der Waals surface area contributed by atoms with Crippen molar-refractivity contribution in [3.8, 4) is 17.0 Å². The summed E-state index contributed by atoms with van der Waals surface area (Å²) < 4.78 is 77.1. The molecule has 47 heavy (non-hydrogen) atoms. The lowest BCUT2D eigenvalue weighted by Crippen LogP contribution is -2.43. The number of benzene rings is 3. The van der Waals surface area contributed by atoms with E-state index in [0.29, 0.717) is 19.0 Å². The molecule has 1 aromatic heterocycles. The second kappa shape index (κ2) is 12.5. The molecule has 2 aliphatic rings. The van der Waals surface area contributed by atoms with E-state index < -0.39 is 47.3 Å². The number of rotatable bonds is 7. The van der Waals surface area contributed by atoms with Crippen molar-refractivity contribution in [1.29, 1.82) is 0 Å². The third kappa shape index (κ3) is 6.17. The maximum Gasteiger partial charge on any atom is 0.416 e. The van der Waals surface area contributed by atoms with Crippen molar-refractivity contribution in [3.63, 3.8) is 0 Å². The Morgan fingerprint density at radius 3 is 2.49 bits per heavy atom. The van der Waals surface area contributed by atoms with Crippen LogP contribution in [0.5, 0.6) is 5.75 Å². The molecule has 0 spiro atoms. The number of alkyl halides is 3. The summed E-state index contributed by atoms with van der Waals surface area (Å²) in [5.74, 6) is -4.46. The van der Waals surface area contributed by atoms with Crippen LogP contribution in [0.3, 0.4) is 0 Å². The second-order valence-electron chi connectivity index (χ2n) is 11.1. The van der Waals surface area contributed by atoms with Gasteiger partial charge < -0.3 is 31.3 Å².